The summed E-state index contributed by atoms with van der Waals surface area (Å²) in [7, 11) is 1.49. The number of hydrogen-bond acceptors (Lipinski definition) is 6. The quantitative estimate of drug-likeness (QED) is 0.0736. The van der Waals surface area contributed by atoms with Gasteiger partial charge in [0.1, 0.15) is 22.7 Å². The Labute approximate surface area is 239 Å². The summed E-state index contributed by atoms with van der Waals surface area (Å²) in [5, 5.41) is 0.583. The van der Waals surface area contributed by atoms with Crippen molar-refractivity contribution in [3.8, 4) is 28.6 Å². The van der Waals surface area contributed by atoms with Crippen LogP contribution >= 0.6 is 15.9 Å². The molecule has 40 heavy (non-hydrogen) atoms. The highest BCUT2D eigenvalue weighted by molar-refractivity contribution is 9.10. The summed E-state index contributed by atoms with van der Waals surface area (Å²) >= 11 is 3.37. The van der Waals surface area contributed by atoms with Gasteiger partial charge in [0.15, 0.2) is 17.3 Å². The van der Waals surface area contributed by atoms with E-state index in [1.54, 1.807) is 54.6 Å². The van der Waals surface area contributed by atoms with E-state index < -0.39 is 5.97 Å². The number of rotatable bonds is 9. The van der Waals surface area contributed by atoms with E-state index in [4.69, 9.17) is 18.6 Å². The minimum atomic E-state index is -0.599. The van der Waals surface area contributed by atoms with Gasteiger partial charge in [-0.3, -0.25) is 4.79 Å². The minimum Gasteiger partial charge on any atom is -0.494 e. The summed E-state index contributed by atoms with van der Waals surface area (Å²) in [6.45, 7) is 2.38. The molecular formula is C33H25BrO6. The van der Waals surface area contributed by atoms with E-state index in [0.29, 0.717) is 46.0 Å². The minimum absolute atomic E-state index is 0.131. The van der Waals surface area contributed by atoms with Crippen LogP contribution in [0.3, 0.4) is 0 Å². The lowest BCUT2D eigenvalue weighted by atomic mass is 10.1. The molecule has 1 aromatic heterocycles. The number of methoxy groups -OCH3 is 1. The topological polar surface area (TPSA) is 75.0 Å². The lowest BCUT2D eigenvalue weighted by Crippen LogP contribution is -2.10. The van der Waals surface area contributed by atoms with Crippen LogP contribution in [0.4, 0.5) is 0 Å². The molecule has 0 aliphatic heterocycles. The first-order valence-corrected chi connectivity index (χ1v) is 13.4. The summed E-state index contributed by atoms with van der Waals surface area (Å²) in [4.78, 5) is 26.2. The van der Waals surface area contributed by atoms with Gasteiger partial charge >= 0.3 is 5.97 Å². The van der Waals surface area contributed by atoms with Crippen molar-refractivity contribution < 1.29 is 28.2 Å². The molecule has 0 aliphatic rings. The number of esters is 1. The smallest absolute Gasteiger partial charge is 0.348 e. The number of ether oxygens (including phenoxy) is 3. The highest BCUT2D eigenvalue weighted by Gasteiger charge is 2.25. The SMILES string of the molecule is CCOc1ccc2oc(-c3ccccc3)c(C(=O)Oc3ccc(/C=C/C(=O)c4ccc(Br)cc4)cc3OC)c2c1. The molecule has 0 radical (unpaired) electrons. The molecule has 0 amide bonds. The van der Waals surface area contributed by atoms with Crippen molar-refractivity contribution in [3.05, 3.63) is 118 Å². The number of carbonyl (C=O) groups is 2. The van der Waals surface area contributed by atoms with Crippen LogP contribution in [-0.4, -0.2) is 25.5 Å². The largest absolute Gasteiger partial charge is 0.494 e. The molecule has 0 unspecified atom stereocenters. The van der Waals surface area contributed by atoms with Crippen LogP contribution in [0, 0.1) is 0 Å². The van der Waals surface area contributed by atoms with Crippen LogP contribution in [0.2, 0.25) is 0 Å². The normalized spacial score (nSPS) is 11.1. The predicted octanol–water partition coefficient (Wildman–Crippen LogP) is 8.38. The molecule has 0 aliphatic carbocycles. The van der Waals surface area contributed by atoms with Gasteiger partial charge in [-0.05, 0) is 73.2 Å². The van der Waals surface area contributed by atoms with Crippen LogP contribution in [-0.2, 0) is 0 Å². The Hall–Kier alpha value is -4.62. The molecule has 6 nitrogen and oxygen atoms in total. The Morgan fingerprint density at radius 2 is 1.68 bits per heavy atom. The fourth-order valence-electron chi connectivity index (χ4n) is 4.23. The van der Waals surface area contributed by atoms with Gasteiger partial charge < -0.3 is 18.6 Å². The lowest BCUT2D eigenvalue weighted by molar-refractivity contribution is 0.0731. The maximum Gasteiger partial charge on any atom is 0.348 e. The Kier molecular flexibility index (Phi) is 8.12. The number of halogens is 1. The number of ketones is 1. The number of furan rings is 1. The second-order valence-electron chi connectivity index (χ2n) is 8.77. The second kappa shape index (κ2) is 12.1. The van der Waals surface area contributed by atoms with Gasteiger partial charge in [0.05, 0.1) is 13.7 Å². The van der Waals surface area contributed by atoms with E-state index in [2.05, 4.69) is 15.9 Å². The predicted molar refractivity (Wildman–Crippen MR) is 158 cm³/mol. The molecular weight excluding hydrogens is 572 g/mol. The molecule has 5 rings (SSSR count). The van der Waals surface area contributed by atoms with Gasteiger partial charge in [-0.15, -0.1) is 0 Å². The van der Waals surface area contributed by atoms with E-state index >= 15 is 0 Å². The van der Waals surface area contributed by atoms with Gasteiger partial charge in [0, 0.05) is 21.0 Å². The highest BCUT2D eigenvalue weighted by Crippen LogP contribution is 2.37. The number of hydrogen-bond donors (Lipinski definition) is 0. The fraction of sp³-hybridized carbons (Fsp3) is 0.0909. The number of fused-ring (bicyclic) bond motifs is 1. The number of benzene rings is 4. The second-order valence-corrected chi connectivity index (χ2v) is 9.68. The third-order valence-electron chi connectivity index (χ3n) is 6.16. The average molecular weight is 597 g/mol. The van der Waals surface area contributed by atoms with E-state index in [0.717, 1.165) is 10.0 Å². The standard InChI is InChI=1S/C33H25BrO6/c1-3-38-25-15-18-28-26(20-25)31(32(39-28)23-7-5-4-6-8-23)33(36)40-29-17-10-21(19-30(29)37-2)9-16-27(35)22-11-13-24(34)14-12-22/h4-20H,3H2,1-2H3/b16-9+. The first-order chi connectivity index (χ1) is 19.5. The Balaban J connectivity index is 1.45. The van der Waals surface area contributed by atoms with Crippen molar-refractivity contribution in [2.24, 2.45) is 0 Å². The number of carbonyl (C=O) groups excluding carboxylic acids is 2. The molecule has 0 bridgehead atoms. The summed E-state index contributed by atoms with van der Waals surface area (Å²) in [5.41, 5.74) is 2.85. The molecule has 4 aromatic carbocycles. The number of allylic oxidation sites excluding steroid dienone is 1. The Bertz CT molecular complexity index is 1700. The molecule has 5 aromatic rings. The first kappa shape index (κ1) is 27.0. The first-order valence-electron chi connectivity index (χ1n) is 12.6. The fourth-order valence-corrected chi connectivity index (χ4v) is 4.50. The molecule has 200 valence electrons. The van der Waals surface area contributed by atoms with E-state index in [9.17, 15) is 9.59 Å². The van der Waals surface area contributed by atoms with Crippen LogP contribution < -0.4 is 14.2 Å². The average Bonchev–Trinajstić information content (AvgIpc) is 3.36. The maximum absolute atomic E-state index is 13.7. The Morgan fingerprint density at radius 1 is 0.900 bits per heavy atom. The summed E-state index contributed by atoms with van der Waals surface area (Å²) < 4.78 is 24.0. The maximum atomic E-state index is 13.7. The van der Waals surface area contributed by atoms with Crippen LogP contribution in [0.1, 0.15) is 33.2 Å². The zero-order valence-electron chi connectivity index (χ0n) is 21.8. The van der Waals surface area contributed by atoms with Gasteiger partial charge in [-0.25, -0.2) is 4.79 Å². The molecule has 0 saturated carbocycles. The van der Waals surface area contributed by atoms with Crippen LogP contribution in [0.15, 0.2) is 106 Å². The van der Waals surface area contributed by atoms with Crippen molar-refractivity contribution in [2.75, 3.05) is 13.7 Å². The zero-order chi connectivity index (χ0) is 28.1. The highest BCUT2D eigenvalue weighted by atomic mass is 79.9. The molecule has 7 heteroatoms. The molecule has 0 N–H and O–H groups in total. The van der Waals surface area contributed by atoms with Crippen molar-refractivity contribution in [2.45, 2.75) is 6.92 Å². The zero-order valence-corrected chi connectivity index (χ0v) is 23.4. The van der Waals surface area contributed by atoms with Gasteiger partial charge in [-0.1, -0.05) is 58.4 Å². The van der Waals surface area contributed by atoms with Gasteiger partial charge in [0.25, 0.3) is 0 Å². The molecule has 0 saturated heterocycles. The van der Waals surface area contributed by atoms with E-state index in [1.165, 1.54) is 13.2 Å². The third-order valence-corrected chi connectivity index (χ3v) is 6.69. The van der Waals surface area contributed by atoms with Crippen LogP contribution in [0.5, 0.6) is 17.2 Å². The monoisotopic (exact) mass is 596 g/mol. The van der Waals surface area contributed by atoms with Gasteiger partial charge in [0.2, 0.25) is 0 Å². The van der Waals surface area contributed by atoms with Gasteiger partial charge in [-0.2, -0.15) is 0 Å². The lowest BCUT2D eigenvalue weighted by Gasteiger charge is -2.11. The molecule has 0 atom stereocenters. The van der Waals surface area contributed by atoms with Crippen molar-refractivity contribution in [1.82, 2.24) is 0 Å². The Morgan fingerprint density at radius 3 is 2.40 bits per heavy atom. The van der Waals surface area contributed by atoms with Crippen molar-refractivity contribution in [3.63, 3.8) is 0 Å². The summed E-state index contributed by atoms with van der Waals surface area (Å²) in [6, 6.07) is 27.0. The van der Waals surface area contributed by atoms with Crippen molar-refractivity contribution >= 4 is 44.7 Å². The molecule has 0 spiro atoms. The van der Waals surface area contributed by atoms with E-state index in [1.807, 2.05) is 49.4 Å². The third kappa shape index (κ3) is 5.84. The van der Waals surface area contributed by atoms with Crippen molar-refractivity contribution in [1.29, 1.82) is 0 Å². The molecule has 1 heterocycles. The molecule has 0 fully saturated rings. The summed E-state index contributed by atoms with van der Waals surface area (Å²) in [6.07, 6.45) is 3.17. The van der Waals surface area contributed by atoms with Crippen LogP contribution in [0.25, 0.3) is 28.4 Å². The van der Waals surface area contributed by atoms with E-state index in [-0.39, 0.29) is 17.1 Å². The summed E-state index contributed by atoms with van der Waals surface area (Å²) in [5.74, 6) is 0.871.